The molecule has 2 saturated carbocycles. The lowest BCUT2D eigenvalue weighted by Crippen LogP contribution is -2.54. The fraction of sp³-hybridized carbons (Fsp3) is 0.517. The van der Waals surface area contributed by atoms with Gasteiger partial charge in [-0.2, -0.15) is 0 Å². The Balaban J connectivity index is 1.31. The summed E-state index contributed by atoms with van der Waals surface area (Å²) < 4.78 is 7.19. The molecule has 5 aliphatic rings. The van der Waals surface area contributed by atoms with Gasteiger partial charge in [0.2, 0.25) is 0 Å². The highest BCUT2D eigenvalue weighted by molar-refractivity contribution is 5.83. The molecule has 2 heterocycles. The number of fused-ring (bicyclic) bond motifs is 2. The van der Waals surface area contributed by atoms with Crippen molar-refractivity contribution in [1.82, 2.24) is 0 Å². The number of benzene rings is 2. The van der Waals surface area contributed by atoms with E-state index in [2.05, 4.69) is 61.5 Å². The minimum absolute atomic E-state index is 0.126. The van der Waals surface area contributed by atoms with Gasteiger partial charge in [-0.05, 0) is 89.7 Å². The van der Waals surface area contributed by atoms with Gasteiger partial charge in [0.05, 0.1) is 17.3 Å². The lowest BCUT2D eigenvalue weighted by Gasteiger charge is -2.54. The molecule has 2 bridgehead atoms. The average Bonchev–Trinajstić information content (AvgIpc) is 3.28. The zero-order valence-electron chi connectivity index (χ0n) is 18.4. The standard InChI is InChI=1S/C29H32O2/c1-27-13-12-23-17-22-8-9-24(30)18-28(22)14-15-29(23,31-28)26(27)11-10-25(27)21-7-6-19-4-2-3-5-20(19)16-21/h2-7,12,16-17,24-26,30H,8-11,13-15,18H2,1H3/t24?,25-,26-,27-,28-,29-/m1/s1. The van der Waals surface area contributed by atoms with Gasteiger partial charge >= 0.3 is 0 Å². The number of aliphatic hydroxyl groups is 1. The molecule has 1 unspecified atom stereocenters. The van der Waals surface area contributed by atoms with Crippen molar-refractivity contribution in [3.63, 3.8) is 0 Å². The first-order valence-corrected chi connectivity index (χ1v) is 12.3. The maximum Gasteiger partial charge on any atom is 0.0974 e. The van der Waals surface area contributed by atoms with E-state index in [1.54, 1.807) is 0 Å². The van der Waals surface area contributed by atoms with Crippen LogP contribution in [0.2, 0.25) is 0 Å². The second kappa shape index (κ2) is 6.11. The highest BCUT2D eigenvalue weighted by atomic mass is 16.5. The molecule has 0 amide bonds. The summed E-state index contributed by atoms with van der Waals surface area (Å²) in [5, 5.41) is 13.1. The summed E-state index contributed by atoms with van der Waals surface area (Å²) in [7, 11) is 0. The van der Waals surface area contributed by atoms with Crippen molar-refractivity contribution in [2.45, 2.75) is 81.5 Å². The average molecular weight is 413 g/mol. The van der Waals surface area contributed by atoms with Crippen LogP contribution in [0.3, 0.4) is 0 Å². The molecule has 2 heteroatoms. The molecule has 2 aliphatic heterocycles. The van der Waals surface area contributed by atoms with Crippen LogP contribution < -0.4 is 0 Å². The van der Waals surface area contributed by atoms with Gasteiger partial charge in [0.15, 0.2) is 0 Å². The lowest BCUT2D eigenvalue weighted by atomic mass is 9.58. The molecule has 7 rings (SSSR count). The lowest BCUT2D eigenvalue weighted by molar-refractivity contribution is -0.144. The van der Waals surface area contributed by atoms with E-state index < -0.39 is 0 Å². The van der Waals surface area contributed by atoms with Gasteiger partial charge in [0.25, 0.3) is 0 Å². The summed E-state index contributed by atoms with van der Waals surface area (Å²) in [6, 6.07) is 15.9. The second-order valence-corrected chi connectivity index (χ2v) is 11.2. The zero-order valence-corrected chi connectivity index (χ0v) is 18.4. The van der Waals surface area contributed by atoms with Crippen LogP contribution in [0.4, 0.5) is 0 Å². The topological polar surface area (TPSA) is 29.5 Å². The minimum Gasteiger partial charge on any atom is -0.393 e. The third-order valence-electron chi connectivity index (χ3n) is 9.83. The predicted molar refractivity (Wildman–Crippen MR) is 124 cm³/mol. The van der Waals surface area contributed by atoms with Crippen LogP contribution in [-0.2, 0) is 4.74 Å². The Morgan fingerprint density at radius 3 is 2.77 bits per heavy atom. The van der Waals surface area contributed by atoms with Crippen molar-refractivity contribution in [3.05, 3.63) is 71.3 Å². The van der Waals surface area contributed by atoms with Crippen LogP contribution >= 0.6 is 0 Å². The number of ether oxygens (including phenoxy) is 1. The highest BCUT2D eigenvalue weighted by Gasteiger charge is 2.66. The quantitative estimate of drug-likeness (QED) is 0.584. The van der Waals surface area contributed by atoms with Gasteiger partial charge < -0.3 is 9.84 Å². The van der Waals surface area contributed by atoms with Gasteiger partial charge in [-0.1, -0.05) is 61.5 Å². The fourth-order valence-electron chi connectivity index (χ4n) is 8.35. The van der Waals surface area contributed by atoms with Crippen LogP contribution in [0, 0.1) is 11.3 Å². The van der Waals surface area contributed by atoms with E-state index in [1.165, 1.54) is 40.3 Å². The monoisotopic (exact) mass is 412 g/mol. The van der Waals surface area contributed by atoms with E-state index in [-0.39, 0.29) is 22.7 Å². The van der Waals surface area contributed by atoms with E-state index in [1.807, 2.05) is 0 Å². The van der Waals surface area contributed by atoms with Crippen LogP contribution in [0.5, 0.6) is 0 Å². The molecule has 31 heavy (non-hydrogen) atoms. The molecule has 6 atom stereocenters. The SMILES string of the molecule is C[C@]12CC=C3C=C4CCC(O)C[C@]45CC[C@]3(O5)[C@@H]1CC[C@@H]2c1ccc2ccccc2c1. The zero-order chi connectivity index (χ0) is 20.8. The molecule has 3 aliphatic carbocycles. The van der Waals surface area contributed by atoms with Gasteiger partial charge in [0, 0.05) is 6.42 Å². The molecular formula is C29H32O2. The number of aliphatic hydroxyl groups excluding tert-OH is 1. The molecule has 1 saturated heterocycles. The second-order valence-electron chi connectivity index (χ2n) is 11.2. The summed E-state index contributed by atoms with van der Waals surface area (Å²) in [6.45, 7) is 2.54. The van der Waals surface area contributed by atoms with Gasteiger partial charge in [-0.25, -0.2) is 0 Å². The minimum atomic E-state index is -0.207. The summed E-state index contributed by atoms with van der Waals surface area (Å²) in [5.41, 5.74) is 4.35. The first kappa shape index (κ1) is 18.7. The summed E-state index contributed by atoms with van der Waals surface area (Å²) >= 11 is 0. The van der Waals surface area contributed by atoms with E-state index in [0.717, 1.165) is 38.5 Å². The van der Waals surface area contributed by atoms with E-state index >= 15 is 0 Å². The fourth-order valence-corrected chi connectivity index (χ4v) is 8.35. The van der Waals surface area contributed by atoms with Gasteiger partial charge in [0.1, 0.15) is 0 Å². The normalized spacial score (nSPS) is 43.1. The molecule has 2 spiro atoms. The number of rotatable bonds is 1. The largest absolute Gasteiger partial charge is 0.393 e. The van der Waals surface area contributed by atoms with Crippen molar-refractivity contribution in [2.24, 2.45) is 11.3 Å². The maximum atomic E-state index is 10.5. The molecule has 2 nitrogen and oxygen atoms in total. The van der Waals surface area contributed by atoms with Crippen molar-refractivity contribution in [3.8, 4) is 0 Å². The van der Waals surface area contributed by atoms with Crippen molar-refractivity contribution >= 4 is 10.8 Å². The Kier molecular flexibility index (Phi) is 3.68. The Labute approximate surface area is 185 Å². The van der Waals surface area contributed by atoms with Crippen molar-refractivity contribution in [1.29, 1.82) is 0 Å². The molecular weight excluding hydrogens is 380 g/mol. The molecule has 0 aromatic heterocycles. The smallest absolute Gasteiger partial charge is 0.0974 e. The Morgan fingerprint density at radius 1 is 1.00 bits per heavy atom. The predicted octanol–water partition coefficient (Wildman–Crippen LogP) is 6.44. The van der Waals surface area contributed by atoms with E-state index in [9.17, 15) is 5.11 Å². The van der Waals surface area contributed by atoms with Crippen molar-refractivity contribution in [2.75, 3.05) is 0 Å². The van der Waals surface area contributed by atoms with E-state index in [0.29, 0.717) is 11.8 Å². The number of allylic oxidation sites excluding steroid dienone is 1. The Hall–Kier alpha value is -1.90. The molecule has 2 aromatic carbocycles. The first-order valence-electron chi connectivity index (χ1n) is 12.3. The molecule has 160 valence electrons. The van der Waals surface area contributed by atoms with Gasteiger partial charge in [-0.3, -0.25) is 0 Å². The Bertz CT molecular complexity index is 1140. The van der Waals surface area contributed by atoms with Crippen LogP contribution in [0.15, 0.2) is 65.8 Å². The van der Waals surface area contributed by atoms with Crippen LogP contribution in [0.25, 0.3) is 10.8 Å². The summed E-state index contributed by atoms with van der Waals surface area (Å²) in [5.74, 6) is 1.14. The first-order chi connectivity index (χ1) is 15.0. The third kappa shape index (κ3) is 2.36. The van der Waals surface area contributed by atoms with Crippen LogP contribution in [-0.4, -0.2) is 22.4 Å². The van der Waals surface area contributed by atoms with E-state index in [4.69, 9.17) is 4.74 Å². The number of hydrogen-bond acceptors (Lipinski definition) is 2. The van der Waals surface area contributed by atoms with Crippen molar-refractivity contribution < 1.29 is 9.84 Å². The summed E-state index contributed by atoms with van der Waals surface area (Å²) in [6.07, 6.45) is 13.4. The molecule has 2 aromatic rings. The molecule has 0 radical (unpaired) electrons. The van der Waals surface area contributed by atoms with Gasteiger partial charge in [-0.15, -0.1) is 0 Å². The highest BCUT2D eigenvalue weighted by Crippen LogP contribution is 2.69. The molecule has 1 N–H and O–H groups in total. The molecule has 3 fully saturated rings. The summed E-state index contributed by atoms with van der Waals surface area (Å²) in [4.78, 5) is 0. The number of hydrogen-bond donors (Lipinski definition) is 1. The third-order valence-corrected chi connectivity index (χ3v) is 9.83. The Morgan fingerprint density at radius 2 is 1.87 bits per heavy atom. The van der Waals surface area contributed by atoms with Crippen LogP contribution in [0.1, 0.15) is 69.8 Å². The maximum absolute atomic E-state index is 10.5.